The van der Waals surface area contributed by atoms with Crippen LogP contribution >= 0.6 is 11.8 Å². The molecule has 0 radical (unpaired) electrons. The summed E-state index contributed by atoms with van der Waals surface area (Å²) in [5.74, 6) is 2.20. The summed E-state index contributed by atoms with van der Waals surface area (Å²) in [4.78, 5) is 2.44. The number of fused-ring (bicyclic) bond motifs is 1. The van der Waals surface area contributed by atoms with E-state index in [2.05, 4.69) is 43.3 Å². The van der Waals surface area contributed by atoms with E-state index in [1.54, 1.807) is 0 Å². The van der Waals surface area contributed by atoms with E-state index >= 15 is 0 Å². The van der Waals surface area contributed by atoms with E-state index in [1.807, 2.05) is 11.8 Å². The minimum atomic E-state index is 0.290. The molecule has 1 aromatic carbocycles. The Labute approximate surface area is 126 Å². The number of rotatable bonds is 7. The van der Waals surface area contributed by atoms with Gasteiger partial charge in [0.05, 0.1) is 6.61 Å². The quantitative estimate of drug-likeness (QED) is 0.839. The van der Waals surface area contributed by atoms with E-state index in [0.717, 1.165) is 31.0 Å². The van der Waals surface area contributed by atoms with Crippen LogP contribution in [0.4, 0.5) is 0 Å². The van der Waals surface area contributed by atoms with Crippen molar-refractivity contribution in [2.24, 2.45) is 5.73 Å². The highest BCUT2D eigenvalue weighted by atomic mass is 32.2. The molecule has 0 saturated carbocycles. The molecule has 2 rings (SSSR count). The van der Waals surface area contributed by atoms with Crippen LogP contribution in [0.25, 0.3) is 0 Å². The standard InChI is InChI=1S/C16H26N2OS/c1-4-14(11-20-3)18(2)15(10-17)12-5-6-16-13(9-12)7-8-19-16/h5-6,9,14-15H,4,7-8,10-11,17H2,1-3H3. The third kappa shape index (κ3) is 3.30. The zero-order valence-electron chi connectivity index (χ0n) is 12.8. The number of ether oxygens (including phenoxy) is 1. The van der Waals surface area contributed by atoms with Gasteiger partial charge in [0.25, 0.3) is 0 Å². The fourth-order valence-electron chi connectivity index (χ4n) is 2.92. The van der Waals surface area contributed by atoms with E-state index in [4.69, 9.17) is 10.5 Å². The number of nitrogens with two attached hydrogens (primary N) is 1. The molecule has 2 atom stereocenters. The van der Waals surface area contributed by atoms with Crippen molar-refractivity contribution in [3.8, 4) is 5.75 Å². The van der Waals surface area contributed by atoms with Crippen molar-refractivity contribution in [3.63, 3.8) is 0 Å². The smallest absolute Gasteiger partial charge is 0.122 e. The minimum absolute atomic E-state index is 0.290. The summed E-state index contributed by atoms with van der Waals surface area (Å²) in [7, 11) is 2.20. The van der Waals surface area contributed by atoms with E-state index in [9.17, 15) is 0 Å². The Balaban J connectivity index is 2.18. The lowest BCUT2D eigenvalue weighted by atomic mass is 10.00. The molecular weight excluding hydrogens is 268 g/mol. The van der Waals surface area contributed by atoms with Gasteiger partial charge in [-0.3, -0.25) is 4.90 Å². The number of benzene rings is 1. The predicted octanol–water partition coefficient (Wildman–Crippen LogP) is 2.69. The van der Waals surface area contributed by atoms with Gasteiger partial charge in [-0.05, 0) is 36.9 Å². The van der Waals surface area contributed by atoms with Crippen molar-refractivity contribution in [2.45, 2.75) is 31.8 Å². The topological polar surface area (TPSA) is 38.5 Å². The van der Waals surface area contributed by atoms with Crippen molar-refractivity contribution in [1.82, 2.24) is 4.90 Å². The van der Waals surface area contributed by atoms with Gasteiger partial charge in [0.1, 0.15) is 5.75 Å². The number of hydrogen-bond donors (Lipinski definition) is 1. The molecule has 1 aliphatic heterocycles. The molecule has 2 N–H and O–H groups in total. The summed E-state index contributed by atoms with van der Waals surface area (Å²) in [6, 6.07) is 7.41. The van der Waals surface area contributed by atoms with Gasteiger partial charge in [-0.1, -0.05) is 19.1 Å². The Morgan fingerprint density at radius 2 is 2.25 bits per heavy atom. The van der Waals surface area contributed by atoms with E-state index in [-0.39, 0.29) is 6.04 Å². The first-order valence-corrected chi connectivity index (χ1v) is 8.77. The van der Waals surface area contributed by atoms with Crippen molar-refractivity contribution >= 4 is 11.8 Å². The van der Waals surface area contributed by atoms with Gasteiger partial charge in [0.15, 0.2) is 0 Å². The zero-order chi connectivity index (χ0) is 14.5. The van der Waals surface area contributed by atoms with Crippen LogP contribution < -0.4 is 10.5 Å². The Morgan fingerprint density at radius 1 is 1.45 bits per heavy atom. The molecule has 0 aliphatic carbocycles. The van der Waals surface area contributed by atoms with Crippen LogP contribution in [0.15, 0.2) is 18.2 Å². The molecule has 4 heteroatoms. The molecule has 1 heterocycles. The molecule has 0 spiro atoms. The highest BCUT2D eigenvalue weighted by Crippen LogP contribution is 2.30. The lowest BCUT2D eigenvalue weighted by Gasteiger charge is -2.34. The second-order valence-corrected chi connectivity index (χ2v) is 6.31. The normalized spacial score (nSPS) is 16.9. The number of hydrogen-bond acceptors (Lipinski definition) is 4. The van der Waals surface area contributed by atoms with Crippen molar-refractivity contribution in [1.29, 1.82) is 0 Å². The van der Waals surface area contributed by atoms with Crippen molar-refractivity contribution in [2.75, 3.05) is 32.2 Å². The molecular formula is C16H26N2OS. The maximum absolute atomic E-state index is 6.06. The first kappa shape index (κ1) is 15.7. The molecule has 2 unspecified atom stereocenters. The molecule has 0 fully saturated rings. The summed E-state index contributed by atoms with van der Waals surface area (Å²) in [6.07, 6.45) is 4.34. The fraction of sp³-hybridized carbons (Fsp3) is 0.625. The van der Waals surface area contributed by atoms with Crippen LogP contribution in [-0.4, -0.2) is 43.1 Å². The van der Waals surface area contributed by atoms with Crippen molar-refractivity contribution in [3.05, 3.63) is 29.3 Å². The summed E-state index contributed by atoms with van der Waals surface area (Å²) < 4.78 is 5.59. The van der Waals surface area contributed by atoms with Crippen LogP contribution in [0, 0.1) is 0 Å². The lowest BCUT2D eigenvalue weighted by Crippen LogP contribution is -2.39. The Morgan fingerprint density at radius 3 is 2.90 bits per heavy atom. The third-order valence-corrected chi connectivity index (χ3v) is 4.94. The van der Waals surface area contributed by atoms with Gasteiger partial charge in [0, 0.05) is 30.8 Å². The number of thioether (sulfide) groups is 1. The van der Waals surface area contributed by atoms with Gasteiger partial charge in [-0.15, -0.1) is 0 Å². The fourth-order valence-corrected chi connectivity index (χ4v) is 3.78. The maximum Gasteiger partial charge on any atom is 0.122 e. The SMILES string of the molecule is CCC(CSC)N(C)C(CN)c1ccc2c(c1)CCO2. The molecule has 0 saturated heterocycles. The molecule has 0 amide bonds. The average Bonchev–Trinajstić information content (AvgIpc) is 2.93. The number of nitrogens with zero attached hydrogens (tertiary/aromatic N) is 1. The summed E-state index contributed by atoms with van der Waals surface area (Å²) in [5, 5.41) is 0. The second kappa shape index (κ2) is 7.34. The first-order chi connectivity index (χ1) is 9.71. The molecule has 0 bridgehead atoms. The number of likely N-dealkylation sites (N-methyl/N-ethyl adjacent to an activating group) is 1. The second-order valence-electron chi connectivity index (χ2n) is 5.40. The van der Waals surface area contributed by atoms with Crippen LogP contribution in [0.1, 0.15) is 30.5 Å². The van der Waals surface area contributed by atoms with E-state index in [0.29, 0.717) is 12.6 Å². The molecule has 0 aromatic heterocycles. The highest BCUT2D eigenvalue weighted by Gasteiger charge is 2.23. The zero-order valence-corrected chi connectivity index (χ0v) is 13.6. The summed E-state index contributed by atoms with van der Waals surface area (Å²) in [6.45, 7) is 3.72. The van der Waals surface area contributed by atoms with E-state index in [1.165, 1.54) is 11.1 Å². The molecule has 3 nitrogen and oxygen atoms in total. The first-order valence-electron chi connectivity index (χ1n) is 7.37. The Bertz CT molecular complexity index is 438. The van der Waals surface area contributed by atoms with Crippen LogP contribution in [0.5, 0.6) is 5.75 Å². The molecule has 1 aliphatic rings. The van der Waals surface area contributed by atoms with Gasteiger partial charge < -0.3 is 10.5 Å². The minimum Gasteiger partial charge on any atom is -0.493 e. The van der Waals surface area contributed by atoms with Crippen LogP contribution in [0.2, 0.25) is 0 Å². The predicted molar refractivity (Wildman–Crippen MR) is 87.7 cm³/mol. The van der Waals surface area contributed by atoms with Gasteiger partial charge in [-0.25, -0.2) is 0 Å². The molecule has 112 valence electrons. The van der Waals surface area contributed by atoms with Crippen LogP contribution in [-0.2, 0) is 6.42 Å². The monoisotopic (exact) mass is 294 g/mol. The molecule has 20 heavy (non-hydrogen) atoms. The Hall–Kier alpha value is -0.710. The maximum atomic E-state index is 6.06. The van der Waals surface area contributed by atoms with Crippen LogP contribution in [0.3, 0.4) is 0 Å². The van der Waals surface area contributed by atoms with Gasteiger partial charge >= 0.3 is 0 Å². The highest BCUT2D eigenvalue weighted by molar-refractivity contribution is 7.98. The third-order valence-electron chi connectivity index (χ3n) is 4.22. The summed E-state index contributed by atoms with van der Waals surface area (Å²) >= 11 is 1.90. The average molecular weight is 294 g/mol. The van der Waals surface area contributed by atoms with E-state index < -0.39 is 0 Å². The largest absolute Gasteiger partial charge is 0.493 e. The lowest BCUT2D eigenvalue weighted by molar-refractivity contribution is 0.188. The van der Waals surface area contributed by atoms with Crippen molar-refractivity contribution < 1.29 is 4.74 Å². The Kier molecular flexibility index (Phi) is 5.75. The summed E-state index contributed by atoms with van der Waals surface area (Å²) in [5.41, 5.74) is 8.70. The van der Waals surface area contributed by atoms with Gasteiger partial charge in [-0.2, -0.15) is 11.8 Å². The molecule has 1 aromatic rings. The van der Waals surface area contributed by atoms with Gasteiger partial charge in [0.2, 0.25) is 0 Å².